The Balaban J connectivity index is 2.88. The molecule has 0 aromatic carbocycles. The van der Waals surface area contributed by atoms with Crippen LogP contribution in [0.5, 0.6) is 0 Å². The molecule has 1 aromatic rings. The number of primary amides is 1. The van der Waals surface area contributed by atoms with E-state index in [1.54, 1.807) is 11.6 Å². The lowest BCUT2D eigenvalue weighted by atomic mass is 10.1. The van der Waals surface area contributed by atoms with Gasteiger partial charge in [-0.1, -0.05) is 6.08 Å². The number of carbonyl (C=O) groups is 1. The molecule has 58 valence electrons. The van der Waals surface area contributed by atoms with Gasteiger partial charge in [-0.3, -0.25) is 4.79 Å². The molecule has 0 radical (unpaired) electrons. The summed E-state index contributed by atoms with van der Waals surface area (Å²) in [6, 6.07) is 0. The molecule has 1 amide bonds. The SMILES string of the molecule is C=CC(C(N)=O)c1nccs1. The highest BCUT2D eigenvalue weighted by Crippen LogP contribution is 2.18. The Morgan fingerprint density at radius 2 is 2.64 bits per heavy atom. The highest BCUT2D eigenvalue weighted by Gasteiger charge is 2.15. The molecule has 0 fully saturated rings. The van der Waals surface area contributed by atoms with Gasteiger partial charge in [-0.2, -0.15) is 0 Å². The predicted molar refractivity (Wildman–Crippen MR) is 44.2 cm³/mol. The van der Waals surface area contributed by atoms with Crippen molar-refractivity contribution in [2.24, 2.45) is 5.73 Å². The molecule has 1 atom stereocenters. The molecule has 1 unspecified atom stereocenters. The van der Waals surface area contributed by atoms with Gasteiger partial charge in [-0.25, -0.2) is 4.98 Å². The zero-order valence-corrected chi connectivity index (χ0v) is 6.67. The van der Waals surface area contributed by atoms with Crippen LogP contribution < -0.4 is 5.73 Å². The van der Waals surface area contributed by atoms with Gasteiger partial charge in [0.1, 0.15) is 10.9 Å². The minimum absolute atomic E-state index is 0.407. The lowest BCUT2D eigenvalue weighted by Gasteiger charge is -2.01. The first-order valence-electron chi connectivity index (χ1n) is 3.07. The molecule has 0 saturated heterocycles. The van der Waals surface area contributed by atoms with Crippen molar-refractivity contribution in [3.05, 3.63) is 29.2 Å². The number of rotatable bonds is 3. The van der Waals surface area contributed by atoms with Crippen molar-refractivity contribution >= 4 is 17.2 Å². The standard InChI is InChI=1S/C7H8N2OS/c1-2-5(6(8)10)7-9-3-4-11-7/h2-5H,1H2,(H2,8,10). The Bertz CT molecular complexity index is 255. The highest BCUT2D eigenvalue weighted by atomic mass is 32.1. The number of hydrogen-bond donors (Lipinski definition) is 1. The molecule has 0 aliphatic heterocycles. The summed E-state index contributed by atoms with van der Waals surface area (Å²) in [6.07, 6.45) is 3.14. The highest BCUT2D eigenvalue weighted by molar-refractivity contribution is 7.09. The zero-order valence-electron chi connectivity index (χ0n) is 5.86. The van der Waals surface area contributed by atoms with E-state index in [0.29, 0.717) is 5.01 Å². The fourth-order valence-electron chi connectivity index (χ4n) is 0.727. The maximum absolute atomic E-state index is 10.7. The summed E-state index contributed by atoms with van der Waals surface area (Å²) in [7, 11) is 0. The molecule has 0 aliphatic rings. The van der Waals surface area contributed by atoms with Gasteiger partial charge in [-0.05, 0) is 0 Å². The number of carbonyl (C=O) groups excluding carboxylic acids is 1. The van der Waals surface area contributed by atoms with Crippen molar-refractivity contribution in [3.8, 4) is 0 Å². The predicted octanol–water partition coefficient (Wildman–Crippen LogP) is 0.898. The van der Waals surface area contributed by atoms with Gasteiger partial charge in [0.25, 0.3) is 0 Å². The quantitative estimate of drug-likeness (QED) is 0.682. The number of hydrogen-bond acceptors (Lipinski definition) is 3. The fourth-order valence-corrected chi connectivity index (χ4v) is 1.47. The Labute approximate surface area is 68.6 Å². The van der Waals surface area contributed by atoms with Crippen LogP contribution in [0.3, 0.4) is 0 Å². The Morgan fingerprint density at radius 3 is 3.00 bits per heavy atom. The third-order valence-electron chi connectivity index (χ3n) is 1.26. The molecule has 1 heterocycles. The van der Waals surface area contributed by atoms with Crippen molar-refractivity contribution in [2.75, 3.05) is 0 Å². The van der Waals surface area contributed by atoms with Crippen LogP contribution in [0, 0.1) is 0 Å². The van der Waals surface area contributed by atoms with E-state index in [1.807, 2.05) is 0 Å². The first kappa shape index (κ1) is 7.94. The average Bonchev–Trinajstić information content (AvgIpc) is 2.40. The van der Waals surface area contributed by atoms with Crippen molar-refractivity contribution in [3.63, 3.8) is 0 Å². The molecule has 1 rings (SSSR count). The summed E-state index contributed by atoms with van der Waals surface area (Å²) >= 11 is 1.40. The van der Waals surface area contributed by atoms with Crippen LogP contribution in [0.1, 0.15) is 10.9 Å². The molecule has 2 N–H and O–H groups in total. The lowest BCUT2D eigenvalue weighted by molar-refractivity contribution is -0.118. The third kappa shape index (κ3) is 1.65. The first-order valence-corrected chi connectivity index (χ1v) is 3.95. The molecular weight excluding hydrogens is 160 g/mol. The van der Waals surface area contributed by atoms with Crippen LogP contribution in [-0.4, -0.2) is 10.9 Å². The van der Waals surface area contributed by atoms with Gasteiger partial charge in [0.2, 0.25) is 5.91 Å². The molecular formula is C7H8N2OS. The van der Waals surface area contributed by atoms with Crippen molar-refractivity contribution in [1.82, 2.24) is 4.98 Å². The molecule has 11 heavy (non-hydrogen) atoms. The van der Waals surface area contributed by atoms with Gasteiger partial charge in [0, 0.05) is 11.6 Å². The Hall–Kier alpha value is -1.16. The number of amides is 1. The fraction of sp³-hybridized carbons (Fsp3) is 0.143. The van der Waals surface area contributed by atoms with E-state index in [9.17, 15) is 4.79 Å². The number of nitrogens with two attached hydrogens (primary N) is 1. The summed E-state index contributed by atoms with van der Waals surface area (Å²) in [5.41, 5.74) is 5.09. The van der Waals surface area contributed by atoms with Crippen LogP contribution in [0.2, 0.25) is 0 Å². The van der Waals surface area contributed by atoms with E-state index in [4.69, 9.17) is 5.73 Å². The topological polar surface area (TPSA) is 56.0 Å². The van der Waals surface area contributed by atoms with Crippen LogP contribution in [0.25, 0.3) is 0 Å². The second kappa shape index (κ2) is 3.30. The molecule has 0 aliphatic carbocycles. The summed E-state index contributed by atoms with van der Waals surface area (Å²) in [6.45, 7) is 3.50. The molecule has 0 bridgehead atoms. The van der Waals surface area contributed by atoms with Crippen molar-refractivity contribution in [1.29, 1.82) is 0 Å². The van der Waals surface area contributed by atoms with E-state index >= 15 is 0 Å². The van der Waals surface area contributed by atoms with E-state index < -0.39 is 11.8 Å². The van der Waals surface area contributed by atoms with Crippen LogP contribution in [0.15, 0.2) is 24.2 Å². The zero-order chi connectivity index (χ0) is 8.27. The van der Waals surface area contributed by atoms with E-state index in [2.05, 4.69) is 11.6 Å². The first-order chi connectivity index (χ1) is 5.25. The second-order valence-corrected chi connectivity index (χ2v) is 2.91. The van der Waals surface area contributed by atoms with Gasteiger partial charge >= 0.3 is 0 Å². The van der Waals surface area contributed by atoms with Gasteiger partial charge in [0.05, 0.1) is 0 Å². The van der Waals surface area contributed by atoms with Gasteiger partial charge in [-0.15, -0.1) is 17.9 Å². The summed E-state index contributed by atoms with van der Waals surface area (Å²) < 4.78 is 0. The second-order valence-electron chi connectivity index (χ2n) is 1.99. The molecule has 4 heteroatoms. The summed E-state index contributed by atoms with van der Waals surface area (Å²) in [5.74, 6) is -0.843. The monoisotopic (exact) mass is 168 g/mol. The van der Waals surface area contributed by atoms with Gasteiger partial charge in [0.15, 0.2) is 0 Å². The van der Waals surface area contributed by atoms with E-state index in [1.165, 1.54) is 17.4 Å². The largest absolute Gasteiger partial charge is 0.369 e. The minimum Gasteiger partial charge on any atom is -0.369 e. The lowest BCUT2D eigenvalue weighted by Crippen LogP contribution is -2.19. The van der Waals surface area contributed by atoms with Crippen LogP contribution in [0.4, 0.5) is 0 Å². The third-order valence-corrected chi connectivity index (χ3v) is 2.12. The summed E-state index contributed by atoms with van der Waals surface area (Å²) in [4.78, 5) is 14.7. The Kier molecular flexibility index (Phi) is 2.38. The molecule has 3 nitrogen and oxygen atoms in total. The van der Waals surface area contributed by atoms with Crippen LogP contribution in [-0.2, 0) is 4.79 Å². The van der Waals surface area contributed by atoms with Crippen LogP contribution >= 0.6 is 11.3 Å². The number of aromatic nitrogens is 1. The molecule has 1 aromatic heterocycles. The molecule has 0 saturated carbocycles. The minimum atomic E-state index is -0.435. The smallest absolute Gasteiger partial charge is 0.231 e. The average molecular weight is 168 g/mol. The maximum atomic E-state index is 10.7. The maximum Gasteiger partial charge on any atom is 0.231 e. The molecule has 0 spiro atoms. The van der Waals surface area contributed by atoms with Crippen molar-refractivity contribution in [2.45, 2.75) is 5.92 Å². The Morgan fingerprint density at radius 1 is 1.91 bits per heavy atom. The van der Waals surface area contributed by atoms with E-state index in [-0.39, 0.29) is 0 Å². The van der Waals surface area contributed by atoms with Crippen molar-refractivity contribution < 1.29 is 4.79 Å². The number of thiazole rings is 1. The van der Waals surface area contributed by atoms with Gasteiger partial charge < -0.3 is 5.73 Å². The van der Waals surface area contributed by atoms with E-state index in [0.717, 1.165) is 0 Å². The number of nitrogens with zero attached hydrogens (tertiary/aromatic N) is 1. The summed E-state index contributed by atoms with van der Waals surface area (Å²) in [5, 5.41) is 2.50. The normalized spacial score (nSPS) is 12.4.